The fraction of sp³-hybridized carbons (Fsp3) is 0.444. The summed E-state index contributed by atoms with van der Waals surface area (Å²) < 4.78 is 0. The Morgan fingerprint density at radius 3 is 2.36 bits per heavy atom. The highest BCUT2D eigenvalue weighted by Gasteiger charge is 2.01. The highest BCUT2D eigenvalue weighted by Crippen LogP contribution is 2.16. The van der Waals surface area contributed by atoms with Crippen LogP contribution in [0.15, 0.2) is 23.8 Å². The monoisotopic (exact) mass is 152 g/mol. The number of carboxylic acids is 1. The van der Waals surface area contributed by atoms with Crippen LogP contribution in [0.2, 0.25) is 0 Å². The molecule has 1 N–H and O–H groups in total. The second-order valence-electron chi connectivity index (χ2n) is 2.69. The Hall–Kier alpha value is -1.05. The van der Waals surface area contributed by atoms with Crippen molar-refractivity contribution in [1.82, 2.24) is 0 Å². The molecule has 0 aromatic rings. The first kappa shape index (κ1) is 8.05. The zero-order valence-electron chi connectivity index (χ0n) is 6.42. The highest BCUT2D eigenvalue weighted by atomic mass is 16.4. The van der Waals surface area contributed by atoms with Crippen LogP contribution in [0.4, 0.5) is 0 Å². The van der Waals surface area contributed by atoms with Crippen molar-refractivity contribution in [3.63, 3.8) is 0 Å². The second kappa shape index (κ2) is 3.96. The predicted molar refractivity (Wildman–Crippen MR) is 43.3 cm³/mol. The molecule has 0 fully saturated rings. The molecule has 11 heavy (non-hydrogen) atoms. The molecule has 1 rings (SSSR count). The Labute approximate surface area is 66.2 Å². The smallest absolute Gasteiger partial charge is 0.328 e. The summed E-state index contributed by atoms with van der Waals surface area (Å²) in [5.74, 6) is -0.818. The van der Waals surface area contributed by atoms with E-state index in [1.807, 2.05) is 0 Å². The van der Waals surface area contributed by atoms with E-state index in [0.717, 1.165) is 31.3 Å². The van der Waals surface area contributed by atoms with Crippen molar-refractivity contribution in [1.29, 1.82) is 0 Å². The van der Waals surface area contributed by atoms with Gasteiger partial charge in [0.1, 0.15) is 0 Å². The third-order valence-electron chi connectivity index (χ3n) is 1.76. The molecule has 2 heteroatoms. The van der Waals surface area contributed by atoms with E-state index in [0.29, 0.717) is 0 Å². The molecule has 0 heterocycles. The van der Waals surface area contributed by atoms with Crippen LogP contribution in [-0.4, -0.2) is 11.1 Å². The van der Waals surface area contributed by atoms with Gasteiger partial charge in [-0.3, -0.25) is 0 Å². The van der Waals surface area contributed by atoms with Crippen LogP contribution < -0.4 is 0 Å². The normalized spacial score (nSPS) is 17.6. The lowest BCUT2D eigenvalue weighted by Gasteiger charge is -1.98. The minimum atomic E-state index is -0.818. The molecule has 0 atom stereocenters. The molecule has 1 aliphatic rings. The van der Waals surface area contributed by atoms with Gasteiger partial charge in [0.2, 0.25) is 0 Å². The van der Waals surface area contributed by atoms with E-state index in [1.165, 1.54) is 6.08 Å². The van der Waals surface area contributed by atoms with Crippen molar-refractivity contribution in [3.8, 4) is 0 Å². The van der Waals surface area contributed by atoms with Gasteiger partial charge in [-0.05, 0) is 25.7 Å². The van der Waals surface area contributed by atoms with Gasteiger partial charge >= 0.3 is 5.97 Å². The van der Waals surface area contributed by atoms with E-state index in [4.69, 9.17) is 5.11 Å². The van der Waals surface area contributed by atoms with Gasteiger partial charge in [0.15, 0.2) is 0 Å². The van der Waals surface area contributed by atoms with Gasteiger partial charge in [0, 0.05) is 6.08 Å². The Balaban J connectivity index is 2.53. The summed E-state index contributed by atoms with van der Waals surface area (Å²) >= 11 is 0. The van der Waals surface area contributed by atoms with Crippen molar-refractivity contribution in [2.75, 3.05) is 0 Å². The molecule has 0 saturated heterocycles. The van der Waals surface area contributed by atoms with E-state index in [2.05, 4.69) is 12.2 Å². The lowest BCUT2D eigenvalue weighted by molar-refractivity contribution is -0.131. The van der Waals surface area contributed by atoms with Crippen LogP contribution in [0.5, 0.6) is 0 Å². The molecule has 0 aromatic heterocycles. The predicted octanol–water partition coefficient (Wildman–Crippen LogP) is 2.13. The molecule has 0 radical (unpaired) electrons. The summed E-state index contributed by atoms with van der Waals surface area (Å²) in [6.45, 7) is 0. The van der Waals surface area contributed by atoms with Crippen LogP contribution >= 0.6 is 0 Å². The van der Waals surface area contributed by atoms with Gasteiger partial charge in [-0.15, -0.1) is 0 Å². The topological polar surface area (TPSA) is 37.3 Å². The van der Waals surface area contributed by atoms with Crippen LogP contribution in [-0.2, 0) is 4.79 Å². The molecular formula is C9H12O2. The van der Waals surface area contributed by atoms with Gasteiger partial charge < -0.3 is 5.11 Å². The molecule has 0 spiro atoms. The lowest BCUT2D eigenvalue weighted by Crippen LogP contribution is -1.91. The van der Waals surface area contributed by atoms with Crippen LogP contribution in [0, 0.1) is 0 Å². The molecule has 1 aliphatic carbocycles. The summed E-state index contributed by atoms with van der Waals surface area (Å²) in [5.41, 5.74) is 1.06. The second-order valence-corrected chi connectivity index (χ2v) is 2.69. The average molecular weight is 152 g/mol. The van der Waals surface area contributed by atoms with Crippen molar-refractivity contribution >= 4 is 5.97 Å². The van der Waals surface area contributed by atoms with Crippen molar-refractivity contribution < 1.29 is 9.90 Å². The summed E-state index contributed by atoms with van der Waals surface area (Å²) in [7, 11) is 0. The van der Waals surface area contributed by atoms with Crippen LogP contribution in [0.1, 0.15) is 25.7 Å². The third-order valence-corrected chi connectivity index (χ3v) is 1.76. The van der Waals surface area contributed by atoms with E-state index < -0.39 is 5.97 Å². The number of hydrogen-bond acceptors (Lipinski definition) is 1. The van der Waals surface area contributed by atoms with Crippen LogP contribution in [0.3, 0.4) is 0 Å². The molecule has 0 amide bonds. The third kappa shape index (κ3) is 3.03. The van der Waals surface area contributed by atoms with Crippen molar-refractivity contribution in [2.45, 2.75) is 25.7 Å². The number of carbonyl (C=O) groups is 1. The van der Waals surface area contributed by atoms with E-state index in [-0.39, 0.29) is 0 Å². The van der Waals surface area contributed by atoms with Gasteiger partial charge in [-0.25, -0.2) is 4.79 Å². The molecular weight excluding hydrogens is 140 g/mol. The minimum Gasteiger partial charge on any atom is -0.478 e. The first-order chi connectivity index (χ1) is 5.29. The number of allylic oxidation sites excluding steroid dienone is 3. The quantitative estimate of drug-likeness (QED) is 0.461. The van der Waals surface area contributed by atoms with E-state index in [1.54, 1.807) is 0 Å². The maximum Gasteiger partial charge on any atom is 0.328 e. The summed E-state index contributed by atoms with van der Waals surface area (Å²) in [5, 5.41) is 8.46. The highest BCUT2D eigenvalue weighted by molar-refractivity contribution is 5.80. The molecule has 60 valence electrons. The first-order valence-corrected chi connectivity index (χ1v) is 3.86. The minimum absolute atomic E-state index is 0.818. The first-order valence-electron chi connectivity index (χ1n) is 3.86. The van der Waals surface area contributed by atoms with Crippen molar-refractivity contribution in [2.24, 2.45) is 0 Å². The fourth-order valence-corrected chi connectivity index (χ4v) is 1.22. The van der Waals surface area contributed by atoms with Gasteiger partial charge in [0.05, 0.1) is 0 Å². The molecule has 2 nitrogen and oxygen atoms in total. The van der Waals surface area contributed by atoms with Crippen molar-refractivity contribution in [3.05, 3.63) is 23.8 Å². The zero-order chi connectivity index (χ0) is 8.10. The van der Waals surface area contributed by atoms with Crippen LogP contribution in [0.25, 0.3) is 0 Å². The number of aliphatic carboxylic acids is 1. The fourth-order valence-electron chi connectivity index (χ4n) is 1.22. The number of rotatable bonds is 1. The summed E-state index contributed by atoms with van der Waals surface area (Å²) in [4.78, 5) is 10.3. The SMILES string of the molecule is O=C(O)C=C1CCC=CCC1. The van der Waals surface area contributed by atoms with Gasteiger partial charge in [-0.1, -0.05) is 17.7 Å². The molecule has 0 aromatic carbocycles. The maximum absolute atomic E-state index is 10.3. The Morgan fingerprint density at radius 2 is 1.91 bits per heavy atom. The Bertz CT molecular complexity index is 190. The summed E-state index contributed by atoms with van der Waals surface area (Å²) in [6, 6.07) is 0. The van der Waals surface area contributed by atoms with Gasteiger partial charge in [0.25, 0.3) is 0 Å². The van der Waals surface area contributed by atoms with E-state index in [9.17, 15) is 4.79 Å². The molecule has 0 aliphatic heterocycles. The molecule has 0 bridgehead atoms. The Kier molecular flexibility index (Phi) is 2.90. The Morgan fingerprint density at radius 1 is 1.36 bits per heavy atom. The van der Waals surface area contributed by atoms with Gasteiger partial charge in [-0.2, -0.15) is 0 Å². The summed E-state index contributed by atoms with van der Waals surface area (Å²) in [6.07, 6.45) is 9.35. The average Bonchev–Trinajstić information content (AvgIpc) is 2.14. The number of carboxylic acid groups (broad SMARTS) is 1. The molecule has 0 saturated carbocycles. The lowest BCUT2D eigenvalue weighted by atomic mass is 10.1. The zero-order valence-corrected chi connectivity index (χ0v) is 6.42. The largest absolute Gasteiger partial charge is 0.478 e. The van der Waals surface area contributed by atoms with E-state index >= 15 is 0 Å². The maximum atomic E-state index is 10.3. The molecule has 0 unspecified atom stereocenters. The number of hydrogen-bond donors (Lipinski definition) is 1. The standard InChI is InChI=1S/C9H12O2/c10-9(11)7-8-5-3-1-2-4-6-8/h1-2,7H,3-6H2,(H,10,11).